The fourth-order valence-corrected chi connectivity index (χ4v) is 3.85. The van der Waals surface area contributed by atoms with Crippen molar-refractivity contribution in [3.8, 4) is 11.8 Å². The van der Waals surface area contributed by atoms with Crippen molar-refractivity contribution in [3.05, 3.63) is 0 Å². The maximum atomic E-state index is 5.69. The SMILES string of the molecule is CC#CCC(NN)C1CCC2CCCCC2C1. The maximum Gasteiger partial charge on any atom is 0.0348 e. The van der Waals surface area contributed by atoms with Gasteiger partial charge >= 0.3 is 0 Å². The predicted octanol–water partition coefficient (Wildman–Crippen LogP) is 2.84. The number of hydrogen-bond donors (Lipinski definition) is 2. The van der Waals surface area contributed by atoms with Gasteiger partial charge < -0.3 is 0 Å². The molecule has 4 atom stereocenters. The summed E-state index contributed by atoms with van der Waals surface area (Å²) in [6.07, 6.45) is 10.9. The van der Waals surface area contributed by atoms with E-state index in [1.54, 1.807) is 0 Å². The molecule has 0 aliphatic heterocycles. The van der Waals surface area contributed by atoms with Gasteiger partial charge in [0.05, 0.1) is 0 Å². The van der Waals surface area contributed by atoms with Gasteiger partial charge in [-0.15, -0.1) is 11.8 Å². The second-order valence-corrected chi connectivity index (χ2v) is 5.78. The molecule has 4 unspecified atom stereocenters. The number of nitrogens with one attached hydrogen (secondary N) is 1. The van der Waals surface area contributed by atoms with Crippen LogP contribution >= 0.6 is 0 Å². The summed E-state index contributed by atoms with van der Waals surface area (Å²) in [5.74, 6) is 14.6. The molecule has 2 nitrogen and oxygen atoms in total. The molecule has 17 heavy (non-hydrogen) atoms. The molecule has 0 bridgehead atoms. The van der Waals surface area contributed by atoms with Crippen LogP contribution in [0.5, 0.6) is 0 Å². The molecule has 0 aromatic heterocycles. The minimum absolute atomic E-state index is 0.408. The first-order valence-corrected chi connectivity index (χ1v) is 7.21. The molecule has 0 aromatic carbocycles. The van der Waals surface area contributed by atoms with Gasteiger partial charge in [-0.05, 0) is 43.9 Å². The summed E-state index contributed by atoms with van der Waals surface area (Å²) in [6.45, 7) is 1.91. The number of fused-ring (bicyclic) bond motifs is 1. The van der Waals surface area contributed by atoms with Crippen molar-refractivity contribution in [2.45, 2.75) is 64.3 Å². The third kappa shape index (κ3) is 3.24. The van der Waals surface area contributed by atoms with Crippen LogP contribution in [0.1, 0.15) is 58.3 Å². The lowest BCUT2D eigenvalue weighted by Crippen LogP contribution is -2.44. The van der Waals surface area contributed by atoms with Crippen molar-refractivity contribution >= 4 is 0 Å². The zero-order valence-electron chi connectivity index (χ0n) is 11.0. The van der Waals surface area contributed by atoms with Crippen LogP contribution in [0.25, 0.3) is 0 Å². The maximum absolute atomic E-state index is 5.69. The van der Waals surface area contributed by atoms with Crippen molar-refractivity contribution in [1.82, 2.24) is 5.43 Å². The van der Waals surface area contributed by atoms with Gasteiger partial charge in [0.25, 0.3) is 0 Å². The van der Waals surface area contributed by atoms with E-state index < -0.39 is 0 Å². The van der Waals surface area contributed by atoms with E-state index in [2.05, 4.69) is 17.3 Å². The summed E-state index contributed by atoms with van der Waals surface area (Å²) in [6, 6.07) is 0.408. The Labute approximate surface area is 106 Å². The first kappa shape index (κ1) is 12.9. The standard InChI is InChI=1S/C15H26N2/c1-2-3-8-15(17-16)14-10-9-12-6-4-5-7-13(12)11-14/h12-15,17H,4-11,16H2,1H3. The van der Waals surface area contributed by atoms with Crippen LogP contribution in [0.15, 0.2) is 0 Å². The number of nitrogens with two attached hydrogens (primary N) is 1. The topological polar surface area (TPSA) is 38.0 Å². The van der Waals surface area contributed by atoms with E-state index in [0.717, 1.165) is 24.2 Å². The summed E-state index contributed by atoms with van der Waals surface area (Å²) in [5, 5.41) is 0. The molecule has 2 heteroatoms. The van der Waals surface area contributed by atoms with Crippen LogP contribution in [0, 0.1) is 29.6 Å². The van der Waals surface area contributed by atoms with Gasteiger partial charge in [-0.1, -0.05) is 25.7 Å². The van der Waals surface area contributed by atoms with Gasteiger partial charge in [0.2, 0.25) is 0 Å². The number of hydrogen-bond acceptors (Lipinski definition) is 2. The van der Waals surface area contributed by atoms with Crippen molar-refractivity contribution in [3.63, 3.8) is 0 Å². The molecule has 0 heterocycles. The van der Waals surface area contributed by atoms with Crippen LogP contribution in [0.2, 0.25) is 0 Å². The van der Waals surface area contributed by atoms with E-state index in [9.17, 15) is 0 Å². The van der Waals surface area contributed by atoms with Gasteiger partial charge in [-0.2, -0.15) is 0 Å². The van der Waals surface area contributed by atoms with E-state index in [-0.39, 0.29) is 0 Å². The largest absolute Gasteiger partial charge is 0.271 e. The van der Waals surface area contributed by atoms with E-state index in [0.29, 0.717) is 6.04 Å². The van der Waals surface area contributed by atoms with Gasteiger partial charge in [-0.25, -0.2) is 0 Å². The molecule has 0 aromatic rings. The molecular weight excluding hydrogens is 208 g/mol. The van der Waals surface area contributed by atoms with Gasteiger partial charge in [0.1, 0.15) is 0 Å². The van der Waals surface area contributed by atoms with Crippen molar-refractivity contribution in [1.29, 1.82) is 0 Å². The summed E-state index contributed by atoms with van der Waals surface area (Å²) >= 11 is 0. The van der Waals surface area contributed by atoms with E-state index >= 15 is 0 Å². The molecule has 0 radical (unpaired) electrons. The van der Waals surface area contributed by atoms with Crippen molar-refractivity contribution in [2.75, 3.05) is 0 Å². The molecule has 2 aliphatic carbocycles. The molecule has 0 spiro atoms. The Kier molecular flexibility index (Phi) is 4.88. The molecule has 2 rings (SSSR count). The Morgan fingerprint density at radius 3 is 2.65 bits per heavy atom. The minimum Gasteiger partial charge on any atom is -0.271 e. The molecule has 96 valence electrons. The van der Waals surface area contributed by atoms with E-state index in [4.69, 9.17) is 5.84 Å². The summed E-state index contributed by atoms with van der Waals surface area (Å²) in [4.78, 5) is 0. The Balaban J connectivity index is 1.90. The highest BCUT2D eigenvalue weighted by atomic mass is 15.2. The normalized spacial score (nSPS) is 34.4. The second-order valence-electron chi connectivity index (χ2n) is 5.78. The van der Waals surface area contributed by atoms with Crippen LogP contribution in [0.3, 0.4) is 0 Å². The second kappa shape index (κ2) is 6.42. The average Bonchev–Trinajstić information content (AvgIpc) is 2.39. The molecule has 0 amide bonds. The van der Waals surface area contributed by atoms with E-state index in [1.807, 2.05) is 6.92 Å². The van der Waals surface area contributed by atoms with Gasteiger partial charge in [0.15, 0.2) is 0 Å². The van der Waals surface area contributed by atoms with Gasteiger partial charge in [-0.3, -0.25) is 11.3 Å². The average molecular weight is 234 g/mol. The van der Waals surface area contributed by atoms with Crippen molar-refractivity contribution < 1.29 is 0 Å². The molecule has 2 saturated carbocycles. The lowest BCUT2D eigenvalue weighted by molar-refractivity contribution is 0.110. The summed E-state index contributed by atoms with van der Waals surface area (Å²) in [7, 11) is 0. The van der Waals surface area contributed by atoms with Gasteiger partial charge in [0, 0.05) is 12.5 Å². The highest BCUT2D eigenvalue weighted by Gasteiger charge is 2.34. The van der Waals surface area contributed by atoms with Crippen LogP contribution in [-0.2, 0) is 0 Å². The third-order valence-electron chi connectivity index (χ3n) is 4.86. The van der Waals surface area contributed by atoms with Crippen LogP contribution in [-0.4, -0.2) is 6.04 Å². The predicted molar refractivity (Wildman–Crippen MR) is 72.0 cm³/mol. The lowest BCUT2D eigenvalue weighted by atomic mass is 9.66. The highest BCUT2D eigenvalue weighted by molar-refractivity contribution is 5.00. The minimum atomic E-state index is 0.408. The molecule has 0 saturated heterocycles. The summed E-state index contributed by atoms with van der Waals surface area (Å²) in [5.41, 5.74) is 3.00. The number of hydrazine groups is 1. The lowest BCUT2D eigenvalue weighted by Gasteiger charge is -2.41. The van der Waals surface area contributed by atoms with Crippen molar-refractivity contribution in [2.24, 2.45) is 23.6 Å². The zero-order valence-corrected chi connectivity index (χ0v) is 11.0. The zero-order chi connectivity index (χ0) is 12.1. The third-order valence-corrected chi connectivity index (χ3v) is 4.86. The molecule has 2 aliphatic rings. The first-order chi connectivity index (χ1) is 8.35. The van der Waals surface area contributed by atoms with Crippen LogP contribution < -0.4 is 11.3 Å². The molecular formula is C15H26N2. The smallest absolute Gasteiger partial charge is 0.0348 e. The summed E-state index contributed by atoms with van der Waals surface area (Å²) < 4.78 is 0. The number of rotatable bonds is 3. The Morgan fingerprint density at radius 2 is 1.94 bits per heavy atom. The Hall–Kier alpha value is -0.520. The molecule has 2 fully saturated rings. The fourth-order valence-electron chi connectivity index (χ4n) is 3.85. The fraction of sp³-hybridized carbons (Fsp3) is 0.867. The van der Waals surface area contributed by atoms with Crippen LogP contribution in [0.4, 0.5) is 0 Å². The Morgan fingerprint density at radius 1 is 1.18 bits per heavy atom. The van der Waals surface area contributed by atoms with E-state index in [1.165, 1.54) is 44.9 Å². The highest BCUT2D eigenvalue weighted by Crippen LogP contribution is 2.43. The quantitative estimate of drug-likeness (QED) is 0.448. The Bertz CT molecular complexity index is 289. The monoisotopic (exact) mass is 234 g/mol. The first-order valence-electron chi connectivity index (χ1n) is 7.21. The molecule has 3 N–H and O–H groups in total.